The van der Waals surface area contributed by atoms with E-state index in [0.717, 1.165) is 24.1 Å². The van der Waals surface area contributed by atoms with E-state index in [2.05, 4.69) is 6.07 Å². The number of hydrogen-bond acceptors (Lipinski definition) is 1. The molecule has 0 aliphatic heterocycles. The summed E-state index contributed by atoms with van der Waals surface area (Å²) in [5.74, 6) is 0.871. The Labute approximate surface area is 103 Å². The molecular weight excluding hydrogens is 213 g/mol. The second-order valence-electron chi connectivity index (χ2n) is 5.30. The Bertz CT molecular complexity index is 355. The van der Waals surface area contributed by atoms with Gasteiger partial charge in [0.2, 0.25) is 0 Å². The fourth-order valence-electron chi connectivity index (χ4n) is 3.08. The molecule has 1 fully saturated rings. The summed E-state index contributed by atoms with van der Waals surface area (Å²) in [4.78, 5) is 0. The first-order chi connectivity index (χ1) is 8.20. The molecule has 94 valence electrons. The Balaban J connectivity index is 2.27. The van der Waals surface area contributed by atoms with Gasteiger partial charge in [0, 0.05) is 0 Å². The number of nitrogens with two attached hydrogens (primary N) is 1. The molecule has 1 nitrogen and oxygen atoms in total. The summed E-state index contributed by atoms with van der Waals surface area (Å²) in [5, 5.41) is 0. The average molecular weight is 235 g/mol. The van der Waals surface area contributed by atoms with Gasteiger partial charge in [-0.05, 0) is 61.4 Å². The number of halogens is 1. The van der Waals surface area contributed by atoms with E-state index in [-0.39, 0.29) is 5.82 Å². The molecule has 2 unspecified atom stereocenters. The zero-order chi connectivity index (χ0) is 12.3. The maximum absolute atomic E-state index is 13.5. The lowest BCUT2D eigenvalue weighted by atomic mass is 9.82. The molecular formula is C15H22FN. The fourth-order valence-corrected chi connectivity index (χ4v) is 3.08. The van der Waals surface area contributed by atoms with Crippen LogP contribution in [0.3, 0.4) is 0 Å². The van der Waals surface area contributed by atoms with Crippen LogP contribution in [0.1, 0.15) is 49.1 Å². The van der Waals surface area contributed by atoms with Crippen LogP contribution >= 0.6 is 0 Å². The predicted molar refractivity (Wildman–Crippen MR) is 69.5 cm³/mol. The molecule has 0 spiro atoms. The van der Waals surface area contributed by atoms with E-state index in [9.17, 15) is 4.39 Å². The molecule has 0 aromatic heterocycles. The minimum Gasteiger partial charge on any atom is -0.330 e. The third kappa shape index (κ3) is 3.06. The van der Waals surface area contributed by atoms with Crippen LogP contribution in [0.2, 0.25) is 0 Å². The van der Waals surface area contributed by atoms with Crippen molar-refractivity contribution in [2.24, 2.45) is 11.7 Å². The van der Waals surface area contributed by atoms with E-state index in [1.54, 1.807) is 12.1 Å². The lowest BCUT2D eigenvalue weighted by Crippen LogP contribution is -2.21. The van der Waals surface area contributed by atoms with Crippen molar-refractivity contribution < 1.29 is 4.39 Å². The molecule has 2 N–H and O–H groups in total. The minimum atomic E-state index is -0.111. The highest BCUT2D eigenvalue weighted by atomic mass is 19.1. The molecule has 1 aromatic carbocycles. The van der Waals surface area contributed by atoms with E-state index in [1.165, 1.54) is 25.7 Å². The maximum atomic E-state index is 13.5. The molecule has 2 atom stereocenters. The summed E-state index contributed by atoms with van der Waals surface area (Å²) in [6.07, 6.45) is 6.16. The van der Waals surface area contributed by atoms with Gasteiger partial charge in [0.05, 0.1) is 0 Å². The molecule has 2 heteroatoms. The van der Waals surface area contributed by atoms with Crippen molar-refractivity contribution in [3.05, 3.63) is 35.1 Å². The van der Waals surface area contributed by atoms with Gasteiger partial charge in [-0.15, -0.1) is 0 Å². The summed E-state index contributed by atoms with van der Waals surface area (Å²) >= 11 is 0. The molecule has 0 saturated heterocycles. The Morgan fingerprint density at radius 1 is 1.18 bits per heavy atom. The molecule has 0 heterocycles. The van der Waals surface area contributed by atoms with E-state index in [0.29, 0.717) is 11.8 Å². The van der Waals surface area contributed by atoms with Crippen LogP contribution in [0.5, 0.6) is 0 Å². The highest BCUT2D eigenvalue weighted by molar-refractivity contribution is 5.27. The number of benzene rings is 1. The normalized spacial score (nSPS) is 25.6. The summed E-state index contributed by atoms with van der Waals surface area (Å²) in [6, 6.07) is 5.42. The van der Waals surface area contributed by atoms with Gasteiger partial charge >= 0.3 is 0 Å². The van der Waals surface area contributed by atoms with Gasteiger partial charge in [-0.1, -0.05) is 25.3 Å². The largest absolute Gasteiger partial charge is 0.330 e. The van der Waals surface area contributed by atoms with E-state index in [4.69, 9.17) is 5.73 Å². The molecule has 1 saturated carbocycles. The van der Waals surface area contributed by atoms with Crippen LogP contribution in [0.25, 0.3) is 0 Å². The molecule has 0 radical (unpaired) electrons. The van der Waals surface area contributed by atoms with Crippen molar-refractivity contribution in [3.8, 4) is 0 Å². The van der Waals surface area contributed by atoms with Crippen molar-refractivity contribution in [1.82, 2.24) is 0 Å². The molecule has 2 rings (SSSR count). The van der Waals surface area contributed by atoms with Gasteiger partial charge in [0.1, 0.15) is 5.82 Å². The standard InChI is InChI=1S/C15H22FN/c1-11-7-13(9-14(16)8-11)15-6-4-2-3-5-12(15)10-17/h7-9,12,15H,2-6,10,17H2,1H3. The lowest BCUT2D eigenvalue weighted by molar-refractivity contribution is 0.407. The zero-order valence-corrected chi connectivity index (χ0v) is 10.6. The van der Waals surface area contributed by atoms with E-state index >= 15 is 0 Å². The topological polar surface area (TPSA) is 26.0 Å². The minimum absolute atomic E-state index is 0.111. The third-order valence-electron chi connectivity index (χ3n) is 3.95. The Hall–Kier alpha value is -0.890. The van der Waals surface area contributed by atoms with Crippen LogP contribution in [0.15, 0.2) is 18.2 Å². The maximum Gasteiger partial charge on any atom is 0.123 e. The van der Waals surface area contributed by atoms with Gasteiger partial charge in [-0.3, -0.25) is 0 Å². The molecule has 17 heavy (non-hydrogen) atoms. The van der Waals surface area contributed by atoms with Crippen LogP contribution in [-0.2, 0) is 0 Å². The highest BCUT2D eigenvalue weighted by Gasteiger charge is 2.24. The highest BCUT2D eigenvalue weighted by Crippen LogP contribution is 2.36. The molecule has 1 aliphatic rings. The number of rotatable bonds is 2. The quantitative estimate of drug-likeness (QED) is 0.776. The van der Waals surface area contributed by atoms with Gasteiger partial charge in [-0.2, -0.15) is 0 Å². The first-order valence-corrected chi connectivity index (χ1v) is 6.68. The van der Waals surface area contributed by atoms with Crippen molar-refractivity contribution in [1.29, 1.82) is 0 Å². The summed E-state index contributed by atoms with van der Waals surface area (Å²) < 4.78 is 13.5. The average Bonchev–Trinajstić information content (AvgIpc) is 2.52. The number of hydrogen-bond donors (Lipinski definition) is 1. The predicted octanol–water partition coefficient (Wildman–Crippen LogP) is 3.76. The zero-order valence-electron chi connectivity index (χ0n) is 10.6. The second kappa shape index (κ2) is 5.63. The molecule has 0 bridgehead atoms. The fraction of sp³-hybridized carbons (Fsp3) is 0.600. The smallest absolute Gasteiger partial charge is 0.123 e. The first-order valence-electron chi connectivity index (χ1n) is 6.68. The number of aryl methyl sites for hydroxylation is 1. The van der Waals surface area contributed by atoms with Crippen molar-refractivity contribution in [3.63, 3.8) is 0 Å². The van der Waals surface area contributed by atoms with Crippen molar-refractivity contribution >= 4 is 0 Å². The monoisotopic (exact) mass is 235 g/mol. The van der Waals surface area contributed by atoms with Crippen LogP contribution < -0.4 is 5.73 Å². The van der Waals surface area contributed by atoms with E-state index in [1.807, 2.05) is 6.92 Å². The van der Waals surface area contributed by atoms with Crippen LogP contribution in [0, 0.1) is 18.7 Å². The Morgan fingerprint density at radius 2 is 1.94 bits per heavy atom. The van der Waals surface area contributed by atoms with Crippen LogP contribution in [0.4, 0.5) is 4.39 Å². The Morgan fingerprint density at radius 3 is 2.65 bits per heavy atom. The summed E-state index contributed by atoms with van der Waals surface area (Å²) in [7, 11) is 0. The van der Waals surface area contributed by atoms with Gasteiger partial charge in [-0.25, -0.2) is 4.39 Å². The summed E-state index contributed by atoms with van der Waals surface area (Å²) in [5.41, 5.74) is 8.05. The SMILES string of the molecule is Cc1cc(F)cc(C2CCCCCC2CN)c1. The Kier molecular flexibility index (Phi) is 4.16. The third-order valence-corrected chi connectivity index (χ3v) is 3.95. The lowest BCUT2D eigenvalue weighted by Gasteiger charge is -2.24. The van der Waals surface area contributed by atoms with Gasteiger partial charge in [0.15, 0.2) is 0 Å². The molecule has 0 amide bonds. The van der Waals surface area contributed by atoms with Crippen molar-refractivity contribution in [2.75, 3.05) is 6.54 Å². The van der Waals surface area contributed by atoms with Gasteiger partial charge in [0.25, 0.3) is 0 Å². The van der Waals surface area contributed by atoms with E-state index < -0.39 is 0 Å². The van der Waals surface area contributed by atoms with Gasteiger partial charge < -0.3 is 5.73 Å². The molecule has 1 aliphatic carbocycles. The summed E-state index contributed by atoms with van der Waals surface area (Å²) in [6.45, 7) is 2.68. The first kappa shape index (κ1) is 12.6. The second-order valence-corrected chi connectivity index (χ2v) is 5.30. The van der Waals surface area contributed by atoms with Crippen LogP contribution in [-0.4, -0.2) is 6.54 Å². The van der Waals surface area contributed by atoms with Crippen molar-refractivity contribution in [2.45, 2.75) is 44.9 Å². The molecule has 1 aromatic rings.